The Morgan fingerprint density at radius 2 is 1.42 bits per heavy atom. The molecule has 0 unspecified atom stereocenters. The maximum Gasteiger partial charge on any atom is 0.407 e. The lowest BCUT2D eigenvalue weighted by Crippen LogP contribution is -2.55. The zero-order valence-electron chi connectivity index (χ0n) is 36.3. The van der Waals surface area contributed by atoms with Gasteiger partial charge in [-0.05, 0) is 94.4 Å². The summed E-state index contributed by atoms with van der Waals surface area (Å²) in [5.74, 6) is -4.61. The van der Waals surface area contributed by atoms with Gasteiger partial charge in [0, 0.05) is 19.0 Å². The summed E-state index contributed by atoms with van der Waals surface area (Å²) in [6.07, 6.45) is 0.554. The summed E-state index contributed by atoms with van der Waals surface area (Å²) in [5, 5.41) is 24.9. The molecule has 2 aromatic rings. The lowest BCUT2D eigenvalue weighted by Gasteiger charge is -2.26. The molecule has 1 heterocycles. The number of carboxylic acids is 1. The third kappa shape index (κ3) is 14.5. The number of carboxylic acid groups (broad SMARTS) is 1. The summed E-state index contributed by atoms with van der Waals surface area (Å²) in [7, 11) is 0. The molecule has 0 spiro atoms. The zero-order chi connectivity index (χ0) is 45.6. The predicted octanol–water partition coefficient (Wildman–Crippen LogP) is 2.93. The van der Waals surface area contributed by atoms with Gasteiger partial charge in [-0.15, -0.1) is 0 Å². The second kappa shape index (κ2) is 22.6. The molecule has 1 saturated heterocycles. The molecule has 1 aliphatic heterocycles. The maximum atomic E-state index is 13.3. The monoisotopic (exact) mass is 863 g/mol. The minimum Gasteiger partial charge on any atom is -0.480 e. The Morgan fingerprint density at radius 1 is 0.774 bits per heavy atom. The van der Waals surface area contributed by atoms with E-state index in [2.05, 4.69) is 31.9 Å². The van der Waals surface area contributed by atoms with Crippen LogP contribution in [0.15, 0.2) is 48.5 Å². The van der Waals surface area contributed by atoms with Gasteiger partial charge in [0.15, 0.2) is 0 Å². The van der Waals surface area contributed by atoms with Gasteiger partial charge < -0.3 is 51.4 Å². The summed E-state index contributed by atoms with van der Waals surface area (Å²) in [4.78, 5) is 103. The van der Waals surface area contributed by atoms with E-state index in [4.69, 9.17) is 9.47 Å². The van der Waals surface area contributed by atoms with E-state index in [1.165, 1.54) is 11.8 Å². The Balaban J connectivity index is 1.19. The van der Waals surface area contributed by atoms with Crippen LogP contribution in [0.25, 0.3) is 11.1 Å². The molecule has 2 aliphatic rings. The fourth-order valence-electron chi connectivity index (χ4n) is 7.39. The molecule has 18 nitrogen and oxygen atoms in total. The molecular weight excluding hydrogens is 803 g/mol. The second-order valence-corrected chi connectivity index (χ2v) is 16.9. The van der Waals surface area contributed by atoms with E-state index in [9.17, 15) is 43.5 Å². The Kier molecular flexibility index (Phi) is 17.7. The van der Waals surface area contributed by atoms with Gasteiger partial charge in [0.2, 0.25) is 29.5 Å². The van der Waals surface area contributed by atoms with E-state index < -0.39 is 90.5 Å². The molecule has 4 rings (SSSR count). The van der Waals surface area contributed by atoms with E-state index in [0.29, 0.717) is 25.7 Å². The molecule has 0 bridgehead atoms. The number of nitrogens with one attached hydrogen (secondary N) is 6. The van der Waals surface area contributed by atoms with Crippen LogP contribution in [0.2, 0.25) is 0 Å². The summed E-state index contributed by atoms with van der Waals surface area (Å²) >= 11 is 0. The van der Waals surface area contributed by atoms with Crippen molar-refractivity contribution in [2.75, 3.05) is 32.8 Å². The maximum absolute atomic E-state index is 13.3. The van der Waals surface area contributed by atoms with Crippen molar-refractivity contribution in [1.82, 2.24) is 36.8 Å². The smallest absolute Gasteiger partial charge is 0.407 e. The summed E-state index contributed by atoms with van der Waals surface area (Å²) in [6.45, 7) is 9.93. The minimum absolute atomic E-state index is 0.0348. The molecule has 338 valence electrons. The predicted molar refractivity (Wildman–Crippen MR) is 227 cm³/mol. The zero-order valence-corrected chi connectivity index (χ0v) is 36.3. The Hall–Kier alpha value is -6.20. The SMILES string of the molecule is CC(C)C[C@H](NC(=O)CNC(=O)OCC1c2ccccc2-c2ccccc21)C(=O)N[C@@H](C)C(=O)NCC(=O)N1CCC[C@H]1C(=O)N[C@@H](CCCCNC(=O)OC(C)(C)C)C(=O)O. The number of ether oxygens (including phenoxy) is 2. The summed E-state index contributed by atoms with van der Waals surface area (Å²) in [6, 6.07) is 11.5. The van der Waals surface area contributed by atoms with Crippen molar-refractivity contribution < 1.29 is 52.9 Å². The van der Waals surface area contributed by atoms with E-state index in [1.807, 2.05) is 62.4 Å². The molecule has 7 amide bonds. The third-order valence-electron chi connectivity index (χ3n) is 10.3. The average Bonchev–Trinajstić information content (AvgIpc) is 3.83. The van der Waals surface area contributed by atoms with Crippen molar-refractivity contribution in [2.24, 2.45) is 5.92 Å². The van der Waals surface area contributed by atoms with Crippen LogP contribution in [0.4, 0.5) is 9.59 Å². The molecule has 1 aliphatic carbocycles. The highest BCUT2D eigenvalue weighted by Gasteiger charge is 2.36. The van der Waals surface area contributed by atoms with Crippen LogP contribution in [-0.4, -0.2) is 120 Å². The van der Waals surface area contributed by atoms with Crippen molar-refractivity contribution in [3.05, 3.63) is 59.7 Å². The number of rotatable bonds is 20. The van der Waals surface area contributed by atoms with Gasteiger partial charge in [0.05, 0.1) is 6.54 Å². The van der Waals surface area contributed by atoms with Gasteiger partial charge >= 0.3 is 18.2 Å². The number of likely N-dealkylation sites (tertiary alicyclic amines) is 1. The minimum atomic E-state index is -1.24. The molecule has 2 aromatic carbocycles. The number of hydrogen-bond donors (Lipinski definition) is 7. The topological polar surface area (TPSA) is 251 Å². The van der Waals surface area contributed by atoms with Gasteiger partial charge in [-0.25, -0.2) is 14.4 Å². The number of carbonyl (C=O) groups is 8. The Bertz CT molecular complexity index is 1900. The first-order chi connectivity index (χ1) is 29.3. The highest BCUT2D eigenvalue weighted by Crippen LogP contribution is 2.44. The number of aliphatic carboxylic acids is 1. The highest BCUT2D eigenvalue weighted by atomic mass is 16.6. The molecule has 62 heavy (non-hydrogen) atoms. The normalized spacial score (nSPS) is 15.9. The lowest BCUT2D eigenvalue weighted by molar-refractivity contribution is -0.144. The van der Waals surface area contributed by atoms with Crippen LogP contribution in [0.5, 0.6) is 0 Å². The summed E-state index contributed by atoms with van der Waals surface area (Å²) < 4.78 is 10.7. The molecule has 4 atom stereocenters. The van der Waals surface area contributed by atoms with Gasteiger partial charge in [0.1, 0.15) is 42.9 Å². The number of alkyl carbamates (subject to hydrolysis) is 2. The van der Waals surface area contributed by atoms with Crippen LogP contribution >= 0.6 is 0 Å². The number of amides is 7. The number of carbonyl (C=O) groups excluding carboxylic acids is 7. The van der Waals surface area contributed by atoms with Gasteiger partial charge in [-0.3, -0.25) is 24.0 Å². The highest BCUT2D eigenvalue weighted by molar-refractivity contribution is 5.95. The first kappa shape index (κ1) is 48.5. The first-order valence-electron chi connectivity index (χ1n) is 21.1. The first-order valence-corrected chi connectivity index (χ1v) is 21.1. The Morgan fingerprint density at radius 3 is 2.03 bits per heavy atom. The van der Waals surface area contributed by atoms with E-state index in [0.717, 1.165) is 22.3 Å². The molecule has 0 saturated carbocycles. The Labute approximate surface area is 362 Å². The van der Waals surface area contributed by atoms with Crippen LogP contribution in [-0.2, 0) is 38.2 Å². The number of nitrogens with zero attached hydrogens (tertiary/aromatic N) is 1. The van der Waals surface area contributed by atoms with Gasteiger partial charge in [-0.1, -0.05) is 62.4 Å². The average molecular weight is 864 g/mol. The van der Waals surface area contributed by atoms with Crippen LogP contribution in [0, 0.1) is 5.92 Å². The fourth-order valence-corrected chi connectivity index (χ4v) is 7.39. The second-order valence-electron chi connectivity index (χ2n) is 16.9. The van der Waals surface area contributed by atoms with Crippen molar-refractivity contribution in [3.63, 3.8) is 0 Å². The number of unbranched alkanes of at least 4 members (excludes halogenated alkanes) is 1. The van der Waals surface area contributed by atoms with Gasteiger partial charge in [-0.2, -0.15) is 0 Å². The van der Waals surface area contributed by atoms with Crippen LogP contribution in [0.3, 0.4) is 0 Å². The number of hydrogen-bond acceptors (Lipinski definition) is 10. The van der Waals surface area contributed by atoms with E-state index >= 15 is 0 Å². The standard InChI is InChI=1S/C44H61N7O11/c1-26(2)22-34(49-36(52)23-47-42(59)61-25-32-30-16-9-7-14-28(30)29-15-8-10-17-31(29)32)39(55)48-27(3)38(54)46-24-37(53)51-21-13-19-35(51)40(56)50-33(41(57)58)18-11-12-20-45-43(60)62-44(4,5)6/h7-10,14-17,26-27,32-35H,11-13,18-25H2,1-6H3,(H,45,60)(H,46,54)(H,47,59)(H,48,55)(H,49,52)(H,50,56)(H,57,58)/t27-,33-,34-,35-/m0/s1. The molecule has 0 aromatic heterocycles. The molecule has 0 radical (unpaired) electrons. The van der Waals surface area contributed by atoms with E-state index in [-0.39, 0.29) is 44.4 Å². The van der Waals surface area contributed by atoms with Crippen LogP contribution < -0.4 is 31.9 Å². The molecular formula is C44H61N7O11. The van der Waals surface area contributed by atoms with Crippen molar-refractivity contribution >= 4 is 47.7 Å². The third-order valence-corrected chi connectivity index (χ3v) is 10.3. The quantitative estimate of drug-likeness (QED) is 0.0954. The van der Waals surface area contributed by atoms with Crippen molar-refractivity contribution in [2.45, 2.75) is 116 Å². The molecule has 7 N–H and O–H groups in total. The van der Waals surface area contributed by atoms with Crippen molar-refractivity contribution in [1.29, 1.82) is 0 Å². The lowest BCUT2D eigenvalue weighted by atomic mass is 9.98. The molecule has 1 fully saturated rings. The fraction of sp³-hybridized carbons (Fsp3) is 0.545. The van der Waals surface area contributed by atoms with Crippen molar-refractivity contribution in [3.8, 4) is 11.1 Å². The van der Waals surface area contributed by atoms with Gasteiger partial charge in [0.25, 0.3) is 0 Å². The van der Waals surface area contributed by atoms with E-state index in [1.54, 1.807) is 20.8 Å². The number of fused-ring (bicyclic) bond motifs is 3. The van der Waals surface area contributed by atoms with Crippen LogP contribution in [0.1, 0.15) is 97.1 Å². The summed E-state index contributed by atoms with van der Waals surface area (Å²) in [5.41, 5.74) is 3.59. The largest absolute Gasteiger partial charge is 0.480 e. The molecule has 18 heteroatoms. The number of benzene rings is 2.